The van der Waals surface area contributed by atoms with E-state index in [9.17, 15) is 0 Å². The van der Waals surface area contributed by atoms with Crippen molar-refractivity contribution in [2.24, 2.45) is 5.92 Å². The first-order valence-corrected chi connectivity index (χ1v) is 7.78. The first-order chi connectivity index (χ1) is 9.98. The number of methoxy groups -OCH3 is 1. The Morgan fingerprint density at radius 3 is 2.67 bits per heavy atom. The van der Waals surface area contributed by atoms with Crippen molar-refractivity contribution in [1.82, 2.24) is 15.3 Å². The predicted octanol–water partition coefficient (Wildman–Crippen LogP) is 2.23. The van der Waals surface area contributed by atoms with Crippen LogP contribution in [0.25, 0.3) is 0 Å². The van der Waals surface area contributed by atoms with Crippen LogP contribution in [0.15, 0.2) is 12.4 Å². The van der Waals surface area contributed by atoms with E-state index in [0.29, 0.717) is 5.92 Å². The van der Waals surface area contributed by atoms with Crippen molar-refractivity contribution in [3.8, 4) is 0 Å². The molecule has 0 bridgehead atoms. The van der Waals surface area contributed by atoms with Gasteiger partial charge in [-0.15, -0.1) is 0 Å². The maximum Gasteiger partial charge on any atom is 0.225 e. The SMILES string of the molecule is COCC1CCCN(c2ncc(CNC(C)(C)C)cn2)C1. The first kappa shape index (κ1) is 16.2. The van der Waals surface area contributed by atoms with Crippen molar-refractivity contribution >= 4 is 5.95 Å². The molecule has 2 heterocycles. The molecule has 1 unspecified atom stereocenters. The lowest BCUT2D eigenvalue weighted by Gasteiger charge is -2.32. The minimum atomic E-state index is 0.110. The van der Waals surface area contributed by atoms with E-state index in [0.717, 1.165) is 37.8 Å². The number of rotatable bonds is 5. The van der Waals surface area contributed by atoms with Crippen LogP contribution in [0.1, 0.15) is 39.2 Å². The van der Waals surface area contributed by atoms with Gasteiger partial charge >= 0.3 is 0 Å². The maximum absolute atomic E-state index is 5.27. The molecule has 0 radical (unpaired) electrons. The molecule has 1 aliphatic rings. The van der Waals surface area contributed by atoms with Crippen molar-refractivity contribution in [2.45, 2.75) is 45.7 Å². The number of piperidine rings is 1. The zero-order chi connectivity index (χ0) is 15.3. The van der Waals surface area contributed by atoms with Crippen molar-refractivity contribution in [1.29, 1.82) is 0 Å². The molecule has 0 amide bonds. The molecule has 1 aromatic heterocycles. The number of nitrogens with one attached hydrogen (secondary N) is 1. The molecule has 118 valence electrons. The third kappa shape index (κ3) is 5.25. The molecule has 1 aromatic rings. The summed E-state index contributed by atoms with van der Waals surface area (Å²) in [6.07, 6.45) is 6.28. The van der Waals surface area contributed by atoms with Crippen LogP contribution in [0.3, 0.4) is 0 Å². The number of aromatic nitrogens is 2. The van der Waals surface area contributed by atoms with Crippen molar-refractivity contribution in [3.05, 3.63) is 18.0 Å². The van der Waals surface area contributed by atoms with Crippen molar-refractivity contribution < 1.29 is 4.74 Å². The average Bonchev–Trinajstić information content (AvgIpc) is 2.46. The number of hydrogen-bond acceptors (Lipinski definition) is 5. The molecule has 1 fully saturated rings. The van der Waals surface area contributed by atoms with Gasteiger partial charge in [-0.05, 0) is 39.5 Å². The molecule has 1 N–H and O–H groups in total. The molecule has 0 aliphatic carbocycles. The molecule has 5 nitrogen and oxygen atoms in total. The first-order valence-electron chi connectivity index (χ1n) is 7.78. The zero-order valence-corrected chi connectivity index (χ0v) is 13.7. The summed E-state index contributed by atoms with van der Waals surface area (Å²) in [5.41, 5.74) is 1.23. The van der Waals surface area contributed by atoms with Crippen LogP contribution in [0.2, 0.25) is 0 Å². The summed E-state index contributed by atoms with van der Waals surface area (Å²) in [5.74, 6) is 1.44. The smallest absolute Gasteiger partial charge is 0.225 e. The van der Waals surface area contributed by atoms with Gasteiger partial charge < -0.3 is 15.0 Å². The minimum absolute atomic E-state index is 0.110. The normalized spacial score (nSPS) is 19.8. The molecule has 21 heavy (non-hydrogen) atoms. The van der Waals surface area contributed by atoms with Gasteiger partial charge in [0.25, 0.3) is 0 Å². The summed E-state index contributed by atoms with van der Waals surface area (Å²) in [5, 5.41) is 3.45. The fourth-order valence-electron chi connectivity index (χ4n) is 2.59. The monoisotopic (exact) mass is 292 g/mol. The van der Waals surface area contributed by atoms with Gasteiger partial charge in [0.1, 0.15) is 0 Å². The summed E-state index contributed by atoms with van der Waals surface area (Å²) < 4.78 is 5.27. The van der Waals surface area contributed by atoms with Crippen LogP contribution in [0, 0.1) is 5.92 Å². The van der Waals surface area contributed by atoms with Gasteiger partial charge in [-0.25, -0.2) is 9.97 Å². The third-order valence-corrected chi connectivity index (χ3v) is 3.72. The van der Waals surface area contributed by atoms with E-state index in [1.54, 1.807) is 7.11 Å². The van der Waals surface area contributed by atoms with Gasteiger partial charge in [0.2, 0.25) is 5.95 Å². The molecule has 0 aromatic carbocycles. The van der Waals surface area contributed by atoms with Crippen LogP contribution in [-0.4, -0.2) is 42.3 Å². The molecule has 0 saturated carbocycles. The molecule has 1 atom stereocenters. The summed E-state index contributed by atoms with van der Waals surface area (Å²) in [4.78, 5) is 11.3. The lowest BCUT2D eigenvalue weighted by Crippen LogP contribution is -2.38. The lowest BCUT2D eigenvalue weighted by atomic mass is 9.99. The molecular weight excluding hydrogens is 264 g/mol. The summed E-state index contributed by atoms with van der Waals surface area (Å²) in [7, 11) is 1.77. The Morgan fingerprint density at radius 2 is 2.05 bits per heavy atom. The second-order valence-electron chi connectivity index (χ2n) is 6.90. The number of ether oxygens (including phenoxy) is 1. The second-order valence-corrected chi connectivity index (χ2v) is 6.90. The van der Waals surface area contributed by atoms with E-state index >= 15 is 0 Å². The largest absolute Gasteiger partial charge is 0.384 e. The minimum Gasteiger partial charge on any atom is -0.384 e. The molecule has 2 rings (SSSR count). The standard InChI is InChI=1S/C16H28N4O/c1-16(2,3)19-10-14-8-17-15(18-9-14)20-7-5-6-13(11-20)12-21-4/h8-9,13,19H,5-7,10-12H2,1-4H3. The summed E-state index contributed by atoms with van der Waals surface area (Å²) in [6, 6.07) is 0. The fraction of sp³-hybridized carbons (Fsp3) is 0.750. The molecule has 0 spiro atoms. The van der Waals surface area contributed by atoms with Gasteiger partial charge in [-0.2, -0.15) is 0 Å². The van der Waals surface area contributed by atoms with Crippen LogP contribution in [-0.2, 0) is 11.3 Å². The van der Waals surface area contributed by atoms with E-state index < -0.39 is 0 Å². The van der Waals surface area contributed by atoms with Crippen LogP contribution < -0.4 is 10.2 Å². The van der Waals surface area contributed by atoms with Crippen molar-refractivity contribution in [3.63, 3.8) is 0 Å². The molecule has 1 aliphatic heterocycles. The lowest BCUT2D eigenvalue weighted by molar-refractivity contribution is 0.143. The van der Waals surface area contributed by atoms with E-state index in [2.05, 4.69) is 41.0 Å². The quantitative estimate of drug-likeness (QED) is 0.902. The number of nitrogens with zero attached hydrogens (tertiary/aromatic N) is 3. The van der Waals surface area contributed by atoms with Gasteiger partial charge in [-0.3, -0.25) is 0 Å². The average molecular weight is 292 g/mol. The van der Waals surface area contributed by atoms with E-state index in [1.165, 1.54) is 12.8 Å². The molecule has 1 saturated heterocycles. The topological polar surface area (TPSA) is 50.3 Å². The Bertz CT molecular complexity index is 425. The predicted molar refractivity (Wildman–Crippen MR) is 85.4 cm³/mol. The fourth-order valence-corrected chi connectivity index (χ4v) is 2.59. The van der Waals surface area contributed by atoms with Gasteiger partial charge in [0, 0.05) is 50.2 Å². The highest BCUT2D eigenvalue weighted by molar-refractivity contribution is 5.30. The van der Waals surface area contributed by atoms with E-state index in [-0.39, 0.29) is 5.54 Å². The number of anilines is 1. The highest BCUT2D eigenvalue weighted by Crippen LogP contribution is 2.20. The van der Waals surface area contributed by atoms with E-state index in [1.807, 2.05) is 12.4 Å². The highest BCUT2D eigenvalue weighted by Gasteiger charge is 2.21. The van der Waals surface area contributed by atoms with Crippen LogP contribution >= 0.6 is 0 Å². The highest BCUT2D eigenvalue weighted by atomic mass is 16.5. The van der Waals surface area contributed by atoms with Crippen LogP contribution in [0.5, 0.6) is 0 Å². The zero-order valence-electron chi connectivity index (χ0n) is 13.7. The third-order valence-electron chi connectivity index (χ3n) is 3.72. The van der Waals surface area contributed by atoms with Crippen LogP contribution in [0.4, 0.5) is 5.95 Å². The van der Waals surface area contributed by atoms with Gasteiger partial charge in [0.15, 0.2) is 0 Å². The summed E-state index contributed by atoms with van der Waals surface area (Å²) >= 11 is 0. The second kappa shape index (κ2) is 7.18. The molecular formula is C16H28N4O. The Morgan fingerprint density at radius 1 is 1.33 bits per heavy atom. The van der Waals surface area contributed by atoms with E-state index in [4.69, 9.17) is 4.74 Å². The Hall–Kier alpha value is -1.20. The maximum atomic E-state index is 5.27. The Labute approximate surface area is 128 Å². The number of hydrogen-bond donors (Lipinski definition) is 1. The van der Waals surface area contributed by atoms with Gasteiger partial charge in [0.05, 0.1) is 6.61 Å². The Balaban J connectivity index is 1.92. The molecule has 5 heteroatoms. The van der Waals surface area contributed by atoms with Gasteiger partial charge in [-0.1, -0.05) is 0 Å². The van der Waals surface area contributed by atoms with Crippen molar-refractivity contribution in [2.75, 3.05) is 31.7 Å². The summed E-state index contributed by atoms with van der Waals surface area (Å²) in [6.45, 7) is 10.1. The Kier molecular flexibility index (Phi) is 5.53.